The number of nitrogens with two attached hydrogens (primary N) is 1. The van der Waals surface area contributed by atoms with Crippen LogP contribution in [0.1, 0.15) is 33.1 Å². The summed E-state index contributed by atoms with van der Waals surface area (Å²) in [5.74, 6) is 0.736. The maximum absolute atomic E-state index is 12.5. The lowest BCUT2D eigenvalue weighted by molar-refractivity contribution is 0.413. The van der Waals surface area contributed by atoms with E-state index in [0.29, 0.717) is 0 Å². The molecule has 1 rings (SSSR count). The van der Waals surface area contributed by atoms with E-state index >= 15 is 0 Å². The van der Waals surface area contributed by atoms with Gasteiger partial charge in [-0.2, -0.15) is 0 Å². The van der Waals surface area contributed by atoms with Crippen molar-refractivity contribution in [2.45, 2.75) is 49.3 Å². The molecule has 102 valence electrons. The minimum atomic E-state index is -1.07. The van der Waals surface area contributed by atoms with E-state index in [2.05, 4.69) is 6.92 Å². The van der Waals surface area contributed by atoms with Crippen LogP contribution in [-0.4, -0.2) is 22.6 Å². The van der Waals surface area contributed by atoms with Gasteiger partial charge in [-0.3, -0.25) is 4.21 Å². The number of rotatable bonds is 7. The van der Waals surface area contributed by atoms with Gasteiger partial charge >= 0.3 is 0 Å². The van der Waals surface area contributed by atoms with Crippen molar-refractivity contribution in [3.63, 3.8) is 0 Å². The molecule has 0 aromatic heterocycles. The molecule has 0 aliphatic carbocycles. The predicted molar refractivity (Wildman–Crippen MR) is 76.4 cm³/mol. The van der Waals surface area contributed by atoms with E-state index in [0.717, 1.165) is 29.9 Å². The van der Waals surface area contributed by atoms with Gasteiger partial charge in [0.05, 0.1) is 23.2 Å². The fourth-order valence-electron chi connectivity index (χ4n) is 2.03. The molecule has 0 heterocycles. The number of benzene rings is 1. The highest BCUT2D eigenvalue weighted by Crippen LogP contribution is 2.21. The lowest BCUT2D eigenvalue weighted by atomic mass is 10.1. The molecule has 1 aromatic rings. The predicted octanol–water partition coefficient (Wildman–Crippen LogP) is 2.71. The number of hydrogen-bond donors (Lipinski definition) is 1. The van der Waals surface area contributed by atoms with Crippen LogP contribution in [-0.2, 0) is 10.8 Å². The average molecular weight is 269 g/mol. The Bertz CT molecular complexity index is 395. The highest BCUT2D eigenvalue weighted by atomic mass is 32.2. The summed E-state index contributed by atoms with van der Waals surface area (Å²) in [5, 5.41) is 0.0112. The summed E-state index contributed by atoms with van der Waals surface area (Å²) in [7, 11) is 0.544. The lowest BCUT2D eigenvalue weighted by Crippen LogP contribution is -2.37. The van der Waals surface area contributed by atoms with E-state index in [4.69, 9.17) is 10.5 Å². The second kappa shape index (κ2) is 7.54. The molecule has 3 unspecified atom stereocenters. The van der Waals surface area contributed by atoms with Crippen molar-refractivity contribution in [1.29, 1.82) is 0 Å². The average Bonchev–Trinajstić information content (AvgIpc) is 2.40. The summed E-state index contributed by atoms with van der Waals surface area (Å²) in [4.78, 5) is 0.799. The molecule has 0 fully saturated rings. The van der Waals surface area contributed by atoms with Crippen molar-refractivity contribution in [3.05, 3.63) is 24.3 Å². The van der Waals surface area contributed by atoms with Crippen LogP contribution < -0.4 is 10.5 Å². The number of hydrogen-bond acceptors (Lipinski definition) is 3. The van der Waals surface area contributed by atoms with Crippen molar-refractivity contribution in [2.75, 3.05) is 7.11 Å². The Morgan fingerprint density at radius 1 is 1.39 bits per heavy atom. The smallest absolute Gasteiger partial charge is 0.120 e. The molecule has 0 bridgehead atoms. The first-order valence-electron chi connectivity index (χ1n) is 6.44. The Kier molecular flexibility index (Phi) is 6.36. The fraction of sp³-hybridized carbons (Fsp3) is 0.571. The standard InChI is InChI=1S/C14H23NO2S/c1-4-7-13(15)14(5-2)18(16)12-9-6-8-11(10-12)17-3/h6,8-10,13-14H,4-5,7,15H2,1-3H3. The topological polar surface area (TPSA) is 52.3 Å². The normalized spacial score (nSPS) is 16.0. The Labute approximate surface area is 112 Å². The Hall–Kier alpha value is -0.870. The fourth-order valence-corrected chi connectivity index (χ4v) is 3.58. The second-order valence-electron chi connectivity index (χ2n) is 4.38. The van der Waals surface area contributed by atoms with Gasteiger partial charge in [-0.25, -0.2) is 0 Å². The van der Waals surface area contributed by atoms with Gasteiger partial charge in [-0.15, -0.1) is 0 Å². The van der Waals surface area contributed by atoms with E-state index in [-0.39, 0.29) is 11.3 Å². The molecule has 0 saturated heterocycles. The maximum Gasteiger partial charge on any atom is 0.120 e. The number of methoxy groups -OCH3 is 1. The van der Waals surface area contributed by atoms with Gasteiger partial charge in [-0.1, -0.05) is 26.3 Å². The molecule has 0 saturated carbocycles. The third kappa shape index (κ3) is 3.82. The van der Waals surface area contributed by atoms with Crippen LogP contribution in [0.2, 0.25) is 0 Å². The molecule has 1 aromatic carbocycles. The molecular weight excluding hydrogens is 246 g/mol. The summed E-state index contributed by atoms with van der Waals surface area (Å²) in [6.07, 6.45) is 2.76. The van der Waals surface area contributed by atoms with Crippen molar-refractivity contribution < 1.29 is 8.95 Å². The van der Waals surface area contributed by atoms with Gasteiger partial charge in [0, 0.05) is 10.9 Å². The van der Waals surface area contributed by atoms with E-state index in [1.165, 1.54) is 0 Å². The highest BCUT2D eigenvalue weighted by Gasteiger charge is 2.23. The summed E-state index contributed by atoms with van der Waals surface area (Å²) < 4.78 is 17.7. The van der Waals surface area contributed by atoms with Crippen LogP contribution >= 0.6 is 0 Å². The van der Waals surface area contributed by atoms with Crippen LogP contribution in [0, 0.1) is 0 Å². The van der Waals surface area contributed by atoms with Gasteiger partial charge in [0.2, 0.25) is 0 Å². The monoisotopic (exact) mass is 269 g/mol. The maximum atomic E-state index is 12.5. The van der Waals surface area contributed by atoms with E-state index in [1.807, 2.05) is 31.2 Å². The first kappa shape index (κ1) is 15.2. The molecule has 3 nitrogen and oxygen atoms in total. The van der Waals surface area contributed by atoms with Crippen molar-refractivity contribution >= 4 is 10.8 Å². The summed E-state index contributed by atoms with van der Waals surface area (Å²) >= 11 is 0. The van der Waals surface area contributed by atoms with Crippen molar-refractivity contribution in [2.24, 2.45) is 5.73 Å². The zero-order valence-corrected chi connectivity index (χ0v) is 12.2. The first-order chi connectivity index (χ1) is 8.63. The molecule has 4 heteroatoms. The molecule has 0 aliphatic heterocycles. The van der Waals surface area contributed by atoms with Gasteiger partial charge in [0.15, 0.2) is 0 Å². The van der Waals surface area contributed by atoms with Crippen molar-refractivity contribution in [1.82, 2.24) is 0 Å². The molecule has 2 N–H and O–H groups in total. The van der Waals surface area contributed by atoms with E-state index in [1.54, 1.807) is 7.11 Å². The third-order valence-corrected chi connectivity index (χ3v) is 5.00. The van der Waals surface area contributed by atoms with Gasteiger partial charge in [0.1, 0.15) is 5.75 Å². The zero-order chi connectivity index (χ0) is 13.5. The number of ether oxygens (including phenoxy) is 1. The molecule has 18 heavy (non-hydrogen) atoms. The van der Waals surface area contributed by atoms with Gasteiger partial charge in [0.25, 0.3) is 0 Å². The SMILES string of the molecule is CCCC(N)C(CC)S(=O)c1cccc(OC)c1. The largest absolute Gasteiger partial charge is 0.497 e. The Morgan fingerprint density at radius 3 is 2.67 bits per heavy atom. The summed E-state index contributed by atoms with van der Waals surface area (Å²) in [5.41, 5.74) is 6.12. The van der Waals surface area contributed by atoms with Crippen molar-refractivity contribution in [3.8, 4) is 5.75 Å². The third-order valence-electron chi connectivity index (χ3n) is 3.05. The van der Waals surface area contributed by atoms with E-state index in [9.17, 15) is 4.21 Å². The molecule has 0 radical (unpaired) electrons. The van der Waals surface area contributed by atoms with Gasteiger partial charge < -0.3 is 10.5 Å². The second-order valence-corrected chi connectivity index (χ2v) is 6.05. The molecule has 0 amide bonds. The molecular formula is C14H23NO2S. The lowest BCUT2D eigenvalue weighted by Gasteiger charge is -2.21. The quantitative estimate of drug-likeness (QED) is 0.828. The summed E-state index contributed by atoms with van der Waals surface area (Å²) in [6, 6.07) is 7.42. The molecule has 0 spiro atoms. The van der Waals surface area contributed by atoms with Crippen LogP contribution in [0.4, 0.5) is 0 Å². The van der Waals surface area contributed by atoms with Crippen LogP contribution in [0.5, 0.6) is 5.75 Å². The summed E-state index contributed by atoms with van der Waals surface area (Å²) in [6.45, 7) is 4.14. The highest BCUT2D eigenvalue weighted by molar-refractivity contribution is 7.85. The Morgan fingerprint density at radius 2 is 2.11 bits per heavy atom. The first-order valence-corrected chi connectivity index (χ1v) is 7.65. The van der Waals surface area contributed by atoms with Crippen LogP contribution in [0.15, 0.2) is 29.2 Å². The molecule has 3 atom stereocenters. The zero-order valence-electron chi connectivity index (χ0n) is 11.4. The van der Waals surface area contributed by atoms with Crippen LogP contribution in [0.3, 0.4) is 0 Å². The van der Waals surface area contributed by atoms with E-state index < -0.39 is 10.8 Å². The van der Waals surface area contributed by atoms with Gasteiger partial charge in [-0.05, 0) is 31.0 Å². The van der Waals surface area contributed by atoms with Crippen LogP contribution in [0.25, 0.3) is 0 Å². The minimum Gasteiger partial charge on any atom is -0.497 e. The molecule has 0 aliphatic rings. The minimum absolute atomic E-state index is 0.00738. The Balaban J connectivity index is 2.88.